The van der Waals surface area contributed by atoms with Gasteiger partial charge in [-0.3, -0.25) is 0 Å². The molecule has 0 saturated carbocycles. The molecule has 58 valence electrons. The summed E-state index contributed by atoms with van der Waals surface area (Å²) < 4.78 is 22.6. The first-order valence-corrected chi connectivity index (χ1v) is 2.54. The molecule has 0 atom stereocenters. The zero-order valence-corrected chi connectivity index (χ0v) is 5.05. The maximum Gasteiger partial charge on any atom is 0.329 e. The third-order valence-electron chi connectivity index (χ3n) is 0.616. The van der Waals surface area contributed by atoms with E-state index in [1.165, 1.54) is 0 Å². The molecule has 0 radical (unpaired) electrons. The molecule has 0 amide bonds. The first kappa shape index (κ1) is 8.87. The Kier molecular flexibility index (Phi) is 4.19. The smallest absolute Gasteiger partial charge is 0.329 e. The minimum atomic E-state index is -2.46. The van der Waals surface area contributed by atoms with Crippen molar-refractivity contribution in [2.24, 2.45) is 0 Å². The van der Waals surface area contributed by atoms with Crippen molar-refractivity contribution >= 4 is 5.97 Å². The zero-order valence-electron chi connectivity index (χ0n) is 5.05. The number of carboxylic acids is 1. The summed E-state index contributed by atoms with van der Waals surface area (Å²) in [5, 5.41) is 10.1. The third kappa shape index (κ3) is 6.87. The van der Waals surface area contributed by atoms with Crippen molar-refractivity contribution in [1.82, 2.24) is 5.32 Å². The van der Waals surface area contributed by atoms with Crippen LogP contribution in [0.4, 0.5) is 8.78 Å². The van der Waals surface area contributed by atoms with Gasteiger partial charge in [0.1, 0.15) is 0 Å². The Morgan fingerprint density at radius 1 is 1.70 bits per heavy atom. The van der Waals surface area contributed by atoms with Crippen molar-refractivity contribution in [3.8, 4) is 0 Å². The van der Waals surface area contributed by atoms with Gasteiger partial charge in [-0.15, -0.1) is 0 Å². The number of rotatable bonds is 4. The summed E-state index contributed by atoms with van der Waals surface area (Å²) in [7, 11) is 0. The first-order chi connectivity index (χ1) is 4.63. The molecule has 0 aliphatic rings. The summed E-state index contributed by atoms with van der Waals surface area (Å²) >= 11 is 0. The molecule has 0 saturated heterocycles. The number of nitrogens with one attached hydrogen (secondary N) is 1. The molecule has 0 fully saturated rings. The van der Waals surface area contributed by atoms with Crippen LogP contribution in [0.3, 0.4) is 0 Å². The predicted octanol–water partition coefficient (Wildman–Crippen LogP) is 0.439. The normalized spacial score (nSPS) is 10.7. The van der Waals surface area contributed by atoms with E-state index in [1.54, 1.807) is 0 Å². The second-order valence-corrected chi connectivity index (χ2v) is 1.47. The van der Waals surface area contributed by atoms with E-state index in [9.17, 15) is 13.6 Å². The molecule has 3 nitrogen and oxygen atoms in total. The van der Waals surface area contributed by atoms with Gasteiger partial charge >= 0.3 is 5.97 Å². The van der Waals surface area contributed by atoms with Gasteiger partial charge in [0.2, 0.25) is 0 Å². The first-order valence-electron chi connectivity index (χ1n) is 2.54. The number of hydrogen-bond donors (Lipinski definition) is 2. The molecule has 0 aliphatic carbocycles. The number of carbonyl (C=O) groups is 1. The summed E-state index contributed by atoms with van der Waals surface area (Å²) in [4.78, 5) is 9.73. The second kappa shape index (κ2) is 4.72. The molecule has 10 heavy (non-hydrogen) atoms. The Morgan fingerprint density at radius 3 is 2.70 bits per heavy atom. The van der Waals surface area contributed by atoms with Gasteiger partial charge in [-0.1, -0.05) is 0 Å². The van der Waals surface area contributed by atoms with Gasteiger partial charge < -0.3 is 10.4 Å². The van der Waals surface area contributed by atoms with E-state index in [-0.39, 0.29) is 0 Å². The molecule has 0 bridgehead atoms. The minimum absolute atomic E-state index is 0.524. The molecule has 0 rings (SSSR count). The highest BCUT2D eigenvalue weighted by molar-refractivity contribution is 5.79. The fourth-order valence-corrected chi connectivity index (χ4v) is 0.287. The zero-order chi connectivity index (χ0) is 7.98. The van der Waals surface area contributed by atoms with E-state index in [0.29, 0.717) is 0 Å². The topological polar surface area (TPSA) is 49.3 Å². The highest BCUT2D eigenvalue weighted by Gasteiger charge is 1.97. The Bertz CT molecular complexity index is 136. The van der Waals surface area contributed by atoms with Crippen LogP contribution in [-0.4, -0.2) is 24.0 Å². The van der Waals surface area contributed by atoms with Crippen LogP contribution in [0.2, 0.25) is 0 Å². The third-order valence-corrected chi connectivity index (χ3v) is 0.616. The molecule has 5 heteroatoms. The molecular weight excluding hydrogens is 144 g/mol. The van der Waals surface area contributed by atoms with Gasteiger partial charge in [-0.2, -0.15) is 0 Å². The molecule has 0 unspecified atom stereocenters. The molecule has 0 aromatic carbocycles. The molecule has 0 aliphatic heterocycles. The fraction of sp³-hybridized carbons (Fsp3) is 0.400. The van der Waals surface area contributed by atoms with Gasteiger partial charge in [-0.05, 0) is 0 Å². The van der Waals surface area contributed by atoms with Crippen molar-refractivity contribution in [3.63, 3.8) is 0 Å². The van der Waals surface area contributed by atoms with E-state index < -0.39 is 18.9 Å². The molecule has 2 N–H and O–H groups in total. The van der Waals surface area contributed by atoms with Crippen LogP contribution in [0.1, 0.15) is 0 Å². The number of halogens is 2. The van der Waals surface area contributed by atoms with E-state index in [1.807, 2.05) is 0 Å². The molecule has 0 aromatic rings. The van der Waals surface area contributed by atoms with Crippen LogP contribution in [0.5, 0.6) is 0 Å². The number of aliphatic carboxylic acids is 1. The lowest BCUT2D eigenvalue weighted by atomic mass is 10.6. The Labute approximate surface area is 56.3 Å². The van der Waals surface area contributed by atoms with Crippen LogP contribution in [0.25, 0.3) is 0 Å². The largest absolute Gasteiger partial charge is 0.478 e. The van der Waals surface area contributed by atoms with E-state index in [2.05, 4.69) is 5.32 Å². The lowest BCUT2D eigenvalue weighted by Crippen LogP contribution is -2.15. The van der Waals surface area contributed by atoms with Gasteiger partial charge in [0.25, 0.3) is 6.43 Å². The van der Waals surface area contributed by atoms with Crippen molar-refractivity contribution in [1.29, 1.82) is 0 Å². The summed E-state index contributed by atoms with van der Waals surface area (Å²) in [6, 6.07) is 0. The molecule has 0 spiro atoms. The average Bonchev–Trinajstić information content (AvgIpc) is 1.79. The summed E-state index contributed by atoms with van der Waals surface area (Å²) in [5.41, 5.74) is 0. The average molecular weight is 151 g/mol. The van der Waals surface area contributed by atoms with Gasteiger partial charge in [0.15, 0.2) is 0 Å². The van der Waals surface area contributed by atoms with Gasteiger partial charge in [0.05, 0.1) is 6.54 Å². The molecule has 0 aromatic heterocycles. The lowest BCUT2D eigenvalue weighted by molar-refractivity contribution is -0.131. The maximum atomic E-state index is 11.3. The van der Waals surface area contributed by atoms with E-state index in [0.717, 1.165) is 12.3 Å². The maximum absolute atomic E-state index is 11.3. The fourth-order valence-electron chi connectivity index (χ4n) is 0.287. The van der Waals surface area contributed by atoms with Crippen LogP contribution >= 0.6 is 0 Å². The Hall–Kier alpha value is -1.13. The minimum Gasteiger partial charge on any atom is -0.478 e. The molecular formula is C5H7F2NO2. The van der Waals surface area contributed by atoms with E-state index >= 15 is 0 Å². The van der Waals surface area contributed by atoms with Crippen LogP contribution < -0.4 is 5.32 Å². The number of alkyl halides is 2. The van der Waals surface area contributed by atoms with Gasteiger partial charge in [0, 0.05) is 12.3 Å². The van der Waals surface area contributed by atoms with Crippen molar-refractivity contribution in [3.05, 3.63) is 12.3 Å². The summed E-state index contributed by atoms with van der Waals surface area (Å²) in [6.07, 6.45) is -0.741. The second-order valence-electron chi connectivity index (χ2n) is 1.47. The van der Waals surface area contributed by atoms with Crippen molar-refractivity contribution in [2.75, 3.05) is 6.54 Å². The van der Waals surface area contributed by atoms with Crippen LogP contribution in [0, 0.1) is 0 Å². The standard InChI is InChI=1S/C5H7F2NO2/c6-4(7)3-8-2-1-5(9)10/h1-2,4,8H,3H2,(H,9,10)/b2-1+. The summed E-state index contributed by atoms with van der Waals surface area (Å²) in [5.74, 6) is -1.17. The van der Waals surface area contributed by atoms with Gasteiger partial charge in [-0.25, -0.2) is 13.6 Å². The summed E-state index contributed by atoms with van der Waals surface area (Å²) in [6.45, 7) is -0.524. The van der Waals surface area contributed by atoms with Crippen LogP contribution in [-0.2, 0) is 4.79 Å². The molecule has 0 heterocycles. The van der Waals surface area contributed by atoms with Crippen LogP contribution in [0.15, 0.2) is 12.3 Å². The van der Waals surface area contributed by atoms with Crippen molar-refractivity contribution < 1.29 is 18.7 Å². The highest BCUT2D eigenvalue weighted by atomic mass is 19.3. The quantitative estimate of drug-likeness (QED) is 0.573. The Balaban J connectivity index is 3.27. The number of carboxylic acid groups (broad SMARTS) is 1. The SMILES string of the molecule is O=C(O)/C=C/NCC(F)F. The predicted molar refractivity (Wildman–Crippen MR) is 30.8 cm³/mol. The lowest BCUT2D eigenvalue weighted by Gasteiger charge is -1.95. The highest BCUT2D eigenvalue weighted by Crippen LogP contribution is 1.86. The van der Waals surface area contributed by atoms with Crippen molar-refractivity contribution in [2.45, 2.75) is 6.43 Å². The monoisotopic (exact) mass is 151 g/mol. The Morgan fingerprint density at radius 2 is 2.30 bits per heavy atom. The van der Waals surface area contributed by atoms with E-state index in [4.69, 9.17) is 5.11 Å². The number of hydrogen-bond acceptors (Lipinski definition) is 2.